The number of anilines is 1. The summed E-state index contributed by atoms with van der Waals surface area (Å²) in [6, 6.07) is 0.744. The van der Waals surface area contributed by atoms with E-state index in [-0.39, 0.29) is 11.8 Å². The van der Waals surface area contributed by atoms with E-state index < -0.39 is 5.97 Å². The highest BCUT2D eigenvalue weighted by Gasteiger charge is 2.42. The fourth-order valence-corrected chi connectivity index (χ4v) is 4.56. The summed E-state index contributed by atoms with van der Waals surface area (Å²) in [5.41, 5.74) is 0.356. The predicted octanol–water partition coefficient (Wildman–Crippen LogP) is 2.90. The summed E-state index contributed by atoms with van der Waals surface area (Å²) in [7, 11) is 1.34. The number of carbonyl (C=O) groups excluding carboxylic acids is 2. The molecule has 1 aromatic rings. The topological polar surface area (TPSA) is 84.4 Å². The molecule has 2 bridgehead atoms. The van der Waals surface area contributed by atoms with Crippen LogP contribution in [0.4, 0.5) is 5.95 Å². The van der Waals surface area contributed by atoms with Crippen LogP contribution < -0.4 is 10.2 Å². The number of ether oxygens (including phenoxy) is 1. The zero-order valence-corrected chi connectivity index (χ0v) is 17.0. The van der Waals surface area contributed by atoms with Crippen molar-refractivity contribution in [3.8, 4) is 0 Å². The number of piperidine rings is 1. The van der Waals surface area contributed by atoms with Crippen molar-refractivity contribution in [2.24, 2.45) is 11.8 Å². The van der Waals surface area contributed by atoms with Crippen molar-refractivity contribution in [2.45, 2.75) is 50.6 Å². The maximum atomic E-state index is 12.5. The lowest BCUT2D eigenvalue weighted by molar-refractivity contribution is -0.125. The molecule has 156 valence electrons. The summed E-state index contributed by atoms with van der Waals surface area (Å²) in [6.07, 6.45) is 12.2. The van der Waals surface area contributed by atoms with E-state index in [1.54, 1.807) is 12.2 Å². The van der Waals surface area contributed by atoms with Crippen LogP contribution in [0.2, 0.25) is 0 Å². The molecule has 7 heteroatoms. The molecule has 2 aliphatic rings. The van der Waals surface area contributed by atoms with Gasteiger partial charge in [0.1, 0.15) is 0 Å². The molecule has 0 aliphatic carbocycles. The number of nitrogens with zero attached hydrogens (tertiary/aromatic N) is 3. The van der Waals surface area contributed by atoms with Crippen molar-refractivity contribution in [1.82, 2.24) is 15.3 Å². The highest BCUT2D eigenvalue weighted by atomic mass is 16.5. The summed E-state index contributed by atoms with van der Waals surface area (Å²) in [5, 5.41) is 3.14. The molecule has 2 aliphatic heterocycles. The molecule has 1 unspecified atom stereocenters. The summed E-state index contributed by atoms with van der Waals surface area (Å²) in [4.78, 5) is 35.1. The first-order chi connectivity index (χ1) is 14.1. The molecule has 3 rings (SSSR count). The molecule has 0 spiro atoms. The Morgan fingerprint density at radius 3 is 2.31 bits per heavy atom. The van der Waals surface area contributed by atoms with Crippen LogP contribution >= 0.6 is 0 Å². The third kappa shape index (κ3) is 4.83. The van der Waals surface area contributed by atoms with Crippen LogP contribution in [-0.4, -0.2) is 47.6 Å². The number of rotatable bonds is 9. The van der Waals surface area contributed by atoms with Gasteiger partial charge in [-0.2, -0.15) is 0 Å². The number of esters is 1. The fraction of sp³-hybridized carbons (Fsp3) is 0.545. The minimum absolute atomic E-state index is 0.0801. The van der Waals surface area contributed by atoms with E-state index in [9.17, 15) is 9.59 Å². The second-order valence-corrected chi connectivity index (χ2v) is 7.88. The van der Waals surface area contributed by atoms with Gasteiger partial charge in [-0.05, 0) is 44.4 Å². The molecule has 3 atom stereocenters. The van der Waals surface area contributed by atoms with Crippen LogP contribution in [0, 0.1) is 11.8 Å². The number of allylic oxidation sites excluding steroid dienone is 2. The highest BCUT2D eigenvalue weighted by Crippen LogP contribution is 2.40. The maximum Gasteiger partial charge on any atom is 0.341 e. The lowest BCUT2D eigenvalue weighted by Gasteiger charge is -2.39. The summed E-state index contributed by atoms with van der Waals surface area (Å²) in [5.74, 6) is 0.699. The molecule has 29 heavy (non-hydrogen) atoms. The van der Waals surface area contributed by atoms with Gasteiger partial charge < -0.3 is 15.0 Å². The van der Waals surface area contributed by atoms with Crippen LogP contribution in [-0.2, 0) is 9.53 Å². The van der Waals surface area contributed by atoms with E-state index in [1.165, 1.54) is 19.5 Å². The minimum atomic E-state index is -0.430. The quantitative estimate of drug-likeness (QED) is 0.509. The number of amides is 1. The minimum Gasteiger partial charge on any atom is -0.465 e. The van der Waals surface area contributed by atoms with Crippen molar-refractivity contribution < 1.29 is 14.3 Å². The Kier molecular flexibility index (Phi) is 7.01. The zero-order chi connectivity index (χ0) is 20.8. The molecule has 0 saturated carbocycles. The molecular weight excluding hydrogens is 368 g/mol. The number of aromatic nitrogens is 2. The Morgan fingerprint density at radius 2 is 1.79 bits per heavy atom. The summed E-state index contributed by atoms with van der Waals surface area (Å²) >= 11 is 0. The van der Waals surface area contributed by atoms with E-state index in [4.69, 9.17) is 4.74 Å². The number of hydrogen-bond donors (Lipinski definition) is 1. The first kappa shape index (κ1) is 21.0. The maximum absolute atomic E-state index is 12.5. The van der Waals surface area contributed by atoms with Crippen molar-refractivity contribution in [1.29, 1.82) is 0 Å². The van der Waals surface area contributed by atoms with Gasteiger partial charge in [0.05, 0.1) is 12.7 Å². The van der Waals surface area contributed by atoms with E-state index in [2.05, 4.69) is 33.3 Å². The van der Waals surface area contributed by atoms with Crippen LogP contribution in [0.3, 0.4) is 0 Å². The fourth-order valence-electron chi connectivity index (χ4n) is 4.56. The van der Waals surface area contributed by atoms with Crippen LogP contribution in [0.1, 0.15) is 48.9 Å². The van der Waals surface area contributed by atoms with Gasteiger partial charge >= 0.3 is 5.97 Å². The van der Waals surface area contributed by atoms with E-state index in [0.29, 0.717) is 48.9 Å². The number of fused-ring (bicyclic) bond motifs is 2. The number of hydrogen-bond acceptors (Lipinski definition) is 6. The first-order valence-corrected chi connectivity index (χ1v) is 10.3. The number of carbonyl (C=O) groups is 2. The molecule has 1 amide bonds. The first-order valence-electron chi connectivity index (χ1n) is 10.3. The van der Waals surface area contributed by atoms with Gasteiger partial charge in [0.15, 0.2) is 0 Å². The van der Waals surface area contributed by atoms with Gasteiger partial charge in [0, 0.05) is 36.9 Å². The van der Waals surface area contributed by atoms with Gasteiger partial charge in [-0.15, -0.1) is 13.2 Å². The van der Waals surface area contributed by atoms with E-state index in [0.717, 1.165) is 25.7 Å². The Hall–Kier alpha value is -2.70. The normalized spacial score (nSPS) is 23.0. The second kappa shape index (κ2) is 9.67. The number of nitrogens with one attached hydrogen (secondary N) is 1. The Bertz CT molecular complexity index is 725. The average Bonchev–Trinajstić information content (AvgIpc) is 3.01. The van der Waals surface area contributed by atoms with Crippen LogP contribution in [0.5, 0.6) is 0 Å². The SMILES string of the molecule is C=CCC(CC=C)C(=O)NCC1C[C@H]2CC[C@@H](C1)N2c1ncc(C(=O)OC)cn1. The van der Waals surface area contributed by atoms with Crippen molar-refractivity contribution in [3.05, 3.63) is 43.3 Å². The molecule has 0 aromatic carbocycles. The average molecular weight is 399 g/mol. The third-order valence-corrected chi connectivity index (χ3v) is 5.96. The van der Waals surface area contributed by atoms with E-state index in [1.807, 2.05) is 0 Å². The molecule has 1 N–H and O–H groups in total. The smallest absolute Gasteiger partial charge is 0.341 e. The summed E-state index contributed by atoms with van der Waals surface area (Å²) in [6.45, 7) is 8.19. The van der Waals surface area contributed by atoms with Gasteiger partial charge in [0.2, 0.25) is 11.9 Å². The summed E-state index contributed by atoms with van der Waals surface area (Å²) < 4.78 is 4.71. The molecule has 3 heterocycles. The highest BCUT2D eigenvalue weighted by molar-refractivity contribution is 5.88. The van der Waals surface area contributed by atoms with Gasteiger partial charge in [0.25, 0.3) is 0 Å². The Labute approximate surface area is 172 Å². The molecule has 0 radical (unpaired) electrons. The Morgan fingerprint density at radius 1 is 1.21 bits per heavy atom. The lowest BCUT2D eigenvalue weighted by Crippen LogP contribution is -2.47. The van der Waals surface area contributed by atoms with Gasteiger partial charge in [-0.1, -0.05) is 12.2 Å². The molecule has 1 aromatic heterocycles. The van der Waals surface area contributed by atoms with Gasteiger partial charge in [-0.25, -0.2) is 14.8 Å². The number of methoxy groups -OCH3 is 1. The third-order valence-electron chi connectivity index (χ3n) is 5.96. The zero-order valence-electron chi connectivity index (χ0n) is 17.0. The molecular formula is C22H30N4O3. The molecule has 2 saturated heterocycles. The van der Waals surface area contributed by atoms with Crippen LogP contribution in [0.15, 0.2) is 37.7 Å². The van der Waals surface area contributed by atoms with Crippen molar-refractivity contribution in [3.63, 3.8) is 0 Å². The molecule has 7 nitrogen and oxygen atoms in total. The van der Waals surface area contributed by atoms with E-state index >= 15 is 0 Å². The van der Waals surface area contributed by atoms with Gasteiger partial charge in [-0.3, -0.25) is 4.79 Å². The standard InChI is InChI=1S/C22H30N4O3/c1-4-6-16(7-5-2)20(27)23-12-15-10-18-8-9-19(11-15)26(18)22-24-13-17(14-25-22)21(28)29-3/h4-5,13-16,18-19H,1-2,6-12H2,3H3,(H,23,27)/t15?,18-,19+. The Balaban J connectivity index is 1.57. The largest absolute Gasteiger partial charge is 0.465 e. The predicted molar refractivity (Wildman–Crippen MR) is 112 cm³/mol. The van der Waals surface area contributed by atoms with Crippen molar-refractivity contribution >= 4 is 17.8 Å². The lowest BCUT2D eigenvalue weighted by atomic mass is 9.90. The second-order valence-electron chi connectivity index (χ2n) is 7.88. The van der Waals surface area contributed by atoms with Crippen molar-refractivity contribution in [2.75, 3.05) is 18.6 Å². The molecule has 2 fully saturated rings. The van der Waals surface area contributed by atoms with Crippen LogP contribution in [0.25, 0.3) is 0 Å². The monoisotopic (exact) mass is 398 g/mol.